The molecule has 0 radical (unpaired) electrons. The van der Waals surface area contributed by atoms with Crippen LogP contribution in [0.25, 0.3) is 0 Å². The van der Waals surface area contributed by atoms with Crippen molar-refractivity contribution >= 4 is 11.8 Å². The highest BCUT2D eigenvalue weighted by atomic mass is 16.5. The maximum absolute atomic E-state index is 12.1. The van der Waals surface area contributed by atoms with Crippen LogP contribution in [0.15, 0.2) is 12.1 Å². The van der Waals surface area contributed by atoms with E-state index in [4.69, 9.17) is 14.2 Å². The lowest BCUT2D eigenvalue weighted by Crippen LogP contribution is -2.18. The molecular weight excluding hydrogens is 260 g/mol. The summed E-state index contributed by atoms with van der Waals surface area (Å²) < 4.78 is 15.2. The molecule has 0 N–H and O–H groups in total. The van der Waals surface area contributed by atoms with Crippen LogP contribution in [0.5, 0.6) is 11.5 Å². The van der Waals surface area contributed by atoms with Crippen LogP contribution in [-0.2, 0) is 9.53 Å². The standard InChI is InChI=1S/C15H20O5/c1-6-20-15(17)14(16)11-7-10(9(2)3)12(18-4)8-13(11)19-5/h7-9H,6H2,1-5H3. The molecule has 5 heteroatoms. The molecule has 0 saturated carbocycles. The molecule has 0 atom stereocenters. The first-order chi connectivity index (χ1) is 9.46. The molecule has 0 unspecified atom stereocenters. The number of carbonyl (C=O) groups excluding carboxylic acids is 2. The number of ketones is 1. The second-order valence-electron chi connectivity index (χ2n) is 4.50. The van der Waals surface area contributed by atoms with Crippen LogP contribution in [0.4, 0.5) is 0 Å². The molecule has 0 saturated heterocycles. The van der Waals surface area contributed by atoms with E-state index in [1.807, 2.05) is 13.8 Å². The van der Waals surface area contributed by atoms with Gasteiger partial charge >= 0.3 is 5.97 Å². The number of ether oxygens (including phenoxy) is 3. The number of rotatable bonds is 6. The molecule has 20 heavy (non-hydrogen) atoms. The number of benzene rings is 1. The van der Waals surface area contributed by atoms with E-state index in [2.05, 4.69) is 0 Å². The van der Waals surface area contributed by atoms with Gasteiger partial charge in [-0.25, -0.2) is 4.79 Å². The summed E-state index contributed by atoms with van der Waals surface area (Å²) in [6.45, 7) is 5.75. The summed E-state index contributed by atoms with van der Waals surface area (Å²) in [5.74, 6) is -0.537. The van der Waals surface area contributed by atoms with Crippen LogP contribution in [0, 0.1) is 0 Å². The maximum atomic E-state index is 12.1. The second kappa shape index (κ2) is 6.93. The molecule has 0 heterocycles. The van der Waals surface area contributed by atoms with Crippen LogP contribution in [0.1, 0.15) is 42.6 Å². The van der Waals surface area contributed by atoms with Gasteiger partial charge < -0.3 is 14.2 Å². The summed E-state index contributed by atoms with van der Waals surface area (Å²) in [5, 5.41) is 0. The number of methoxy groups -OCH3 is 2. The molecule has 1 aromatic carbocycles. The molecule has 0 bridgehead atoms. The molecule has 0 aromatic heterocycles. The largest absolute Gasteiger partial charge is 0.496 e. The van der Waals surface area contributed by atoms with Crippen molar-refractivity contribution in [2.75, 3.05) is 20.8 Å². The third-order valence-corrected chi connectivity index (χ3v) is 2.88. The first-order valence-electron chi connectivity index (χ1n) is 6.43. The molecule has 110 valence electrons. The molecule has 0 aliphatic carbocycles. The highest BCUT2D eigenvalue weighted by Gasteiger charge is 2.24. The molecular formula is C15H20O5. The summed E-state index contributed by atoms with van der Waals surface area (Å²) in [4.78, 5) is 23.7. The van der Waals surface area contributed by atoms with E-state index in [0.717, 1.165) is 5.56 Å². The number of hydrogen-bond acceptors (Lipinski definition) is 5. The molecule has 5 nitrogen and oxygen atoms in total. The summed E-state index contributed by atoms with van der Waals surface area (Å²) in [6.07, 6.45) is 0. The fraction of sp³-hybridized carbons (Fsp3) is 0.467. The minimum absolute atomic E-state index is 0.143. The van der Waals surface area contributed by atoms with Crippen LogP contribution in [0.2, 0.25) is 0 Å². The highest BCUT2D eigenvalue weighted by molar-refractivity contribution is 6.41. The molecule has 1 aromatic rings. The smallest absolute Gasteiger partial charge is 0.379 e. The van der Waals surface area contributed by atoms with Crippen molar-refractivity contribution in [1.82, 2.24) is 0 Å². The predicted octanol–water partition coefficient (Wildman–Crippen LogP) is 2.57. The Kier molecular flexibility index (Phi) is 5.55. The number of esters is 1. The Bertz CT molecular complexity index is 505. The van der Waals surface area contributed by atoms with E-state index in [0.29, 0.717) is 11.5 Å². The van der Waals surface area contributed by atoms with Gasteiger partial charge in [0.25, 0.3) is 5.78 Å². The third-order valence-electron chi connectivity index (χ3n) is 2.88. The summed E-state index contributed by atoms with van der Waals surface area (Å²) in [6, 6.07) is 3.24. The molecule has 0 fully saturated rings. The maximum Gasteiger partial charge on any atom is 0.379 e. The van der Waals surface area contributed by atoms with E-state index < -0.39 is 11.8 Å². The Labute approximate surface area is 118 Å². The minimum atomic E-state index is -0.884. The van der Waals surface area contributed by atoms with Gasteiger partial charge in [0.15, 0.2) is 0 Å². The van der Waals surface area contributed by atoms with Gasteiger partial charge in [-0.1, -0.05) is 13.8 Å². The summed E-state index contributed by atoms with van der Waals surface area (Å²) in [5.41, 5.74) is 1.02. The normalized spacial score (nSPS) is 10.3. The van der Waals surface area contributed by atoms with Crippen molar-refractivity contribution < 1.29 is 23.8 Å². The van der Waals surface area contributed by atoms with Crippen molar-refractivity contribution in [2.24, 2.45) is 0 Å². The fourth-order valence-electron chi connectivity index (χ4n) is 1.86. The lowest BCUT2D eigenvalue weighted by molar-refractivity contribution is -0.137. The van der Waals surface area contributed by atoms with Crippen molar-refractivity contribution in [2.45, 2.75) is 26.7 Å². The fourth-order valence-corrected chi connectivity index (χ4v) is 1.86. The Morgan fingerprint density at radius 3 is 2.15 bits per heavy atom. The molecule has 1 rings (SSSR count). The highest BCUT2D eigenvalue weighted by Crippen LogP contribution is 2.33. The van der Waals surface area contributed by atoms with E-state index >= 15 is 0 Å². The van der Waals surface area contributed by atoms with Gasteiger partial charge in [0.1, 0.15) is 11.5 Å². The lowest BCUT2D eigenvalue weighted by atomic mass is 9.97. The van der Waals surface area contributed by atoms with Gasteiger partial charge in [-0.3, -0.25) is 4.79 Å². The van der Waals surface area contributed by atoms with Crippen molar-refractivity contribution in [3.63, 3.8) is 0 Å². The number of Topliss-reactive ketones (excluding diaryl/α,β-unsaturated/α-hetero) is 1. The van der Waals surface area contributed by atoms with Crippen LogP contribution in [0.3, 0.4) is 0 Å². The van der Waals surface area contributed by atoms with Gasteiger partial charge in [-0.05, 0) is 24.5 Å². The Balaban J connectivity index is 3.34. The van der Waals surface area contributed by atoms with Crippen molar-refractivity contribution in [3.05, 3.63) is 23.3 Å². The van der Waals surface area contributed by atoms with Crippen LogP contribution >= 0.6 is 0 Å². The average Bonchev–Trinajstić information content (AvgIpc) is 2.44. The monoisotopic (exact) mass is 280 g/mol. The van der Waals surface area contributed by atoms with Crippen LogP contribution < -0.4 is 9.47 Å². The minimum Gasteiger partial charge on any atom is -0.496 e. The molecule has 0 aliphatic rings. The first-order valence-corrected chi connectivity index (χ1v) is 6.43. The first kappa shape index (κ1) is 16.0. The van der Waals surface area contributed by atoms with Crippen LogP contribution in [-0.4, -0.2) is 32.6 Å². The number of carbonyl (C=O) groups is 2. The number of hydrogen-bond donors (Lipinski definition) is 0. The van der Waals surface area contributed by atoms with Crippen molar-refractivity contribution in [3.8, 4) is 11.5 Å². The van der Waals surface area contributed by atoms with E-state index in [1.54, 1.807) is 26.2 Å². The third kappa shape index (κ3) is 3.29. The SMILES string of the molecule is CCOC(=O)C(=O)c1cc(C(C)C)c(OC)cc1OC. The van der Waals surface area contributed by atoms with Gasteiger partial charge in [0, 0.05) is 6.07 Å². The Morgan fingerprint density at radius 1 is 1.10 bits per heavy atom. The lowest BCUT2D eigenvalue weighted by Gasteiger charge is -2.16. The van der Waals surface area contributed by atoms with Gasteiger partial charge in [0.2, 0.25) is 0 Å². The Hall–Kier alpha value is -2.04. The van der Waals surface area contributed by atoms with E-state index in [9.17, 15) is 9.59 Å². The molecule has 0 amide bonds. The van der Waals surface area contributed by atoms with Gasteiger partial charge in [-0.15, -0.1) is 0 Å². The zero-order valence-corrected chi connectivity index (χ0v) is 12.5. The zero-order valence-electron chi connectivity index (χ0n) is 12.5. The quantitative estimate of drug-likeness (QED) is 0.455. The zero-order chi connectivity index (χ0) is 15.3. The average molecular weight is 280 g/mol. The van der Waals surface area contributed by atoms with E-state index in [-0.39, 0.29) is 18.1 Å². The topological polar surface area (TPSA) is 61.8 Å². The molecule has 0 aliphatic heterocycles. The molecule has 0 spiro atoms. The Morgan fingerprint density at radius 2 is 1.70 bits per heavy atom. The predicted molar refractivity (Wildman–Crippen MR) is 74.6 cm³/mol. The summed E-state index contributed by atoms with van der Waals surface area (Å²) >= 11 is 0. The van der Waals surface area contributed by atoms with Gasteiger partial charge in [0.05, 0.1) is 26.4 Å². The van der Waals surface area contributed by atoms with Crippen molar-refractivity contribution in [1.29, 1.82) is 0 Å². The second-order valence-corrected chi connectivity index (χ2v) is 4.50. The van der Waals surface area contributed by atoms with E-state index in [1.165, 1.54) is 7.11 Å². The summed E-state index contributed by atoms with van der Waals surface area (Å²) in [7, 11) is 2.99. The van der Waals surface area contributed by atoms with Gasteiger partial charge in [-0.2, -0.15) is 0 Å².